The highest BCUT2D eigenvalue weighted by atomic mass is 32.3. The van der Waals surface area contributed by atoms with E-state index in [0.717, 1.165) is 0 Å². The summed E-state index contributed by atoms with van der Waals surface area (Å²) in [4.78, 5) is 0. The minimum Gasteiger partial charge on any atom is -0.196 e. The third kappa shape index (κ3) is 1.64. The summed E-state index contributed by atoms with van der Waals surface area (Å²) in [6, 6.07) is 3.51. The van der Waals surface area contributed by atoms with E-state index >= 15 is 0 Å². The molecule has 0 atom stereocenters. The number of nitrogens with zero attached hydrogens (tertiary/aromatic N) is 2. The Bertz CT molecular complexity index is 204. The quantitative estimate of drug-likeness (QED) is 0.643. The third-order valence-corrected chi connectivity index (χ3v) is 3.82. The molecule has 0 radical (unpaired) electrons. The molecule has 0 spiro atoms. The van der Waals surface area contributed by atoms with Gasteiger partial charge in [-0.25, -0.2) is 0 Å². The molecule has 0 amide bonds. The monoisotopic (exact) mass is 174 g/mol. The van der Waals surface area contributed by atoms with Crippen LogP contribution in [0.25, 0.3) is 0 Å². The van der Waals surface area contributed by atoms with Crippen molar-refractivity contribution in [2.24, 2.45) is 0 Å². The molecule has 0 fully saturated rings. The van der Waals surface area contributed by atoms with Crippen molar-refractivity contribution in [2.75, 3.05) is 12.5 Å². The summed E-state index contributed by atoms with van der Waals surface area (Å²) < 4.78 is 11.9. The average molecular weight is 174 g/mol. The van der Waals surface area contributed by atoms with Gasteiger partial charge in [0.1, 0.15) is 0 Å². The lowest BCUT2D eigenvalue weighted by molar-refractivity contribution is 0.778. The van der Waals surface area contributed by atoms with Crippen LogP contribution < -0.4 is 0 Å². The van der Waals surface area contributed by atoms with E-state index in [1.807, 2.05) is 0 Å². The zero-order valence-electron chi connectivity index (χ0n) is 6.89. The van der Waals surface area contributed by atoms with Gasteiger partial charge < -0.3 is 0 Å². The van der Waals surface area contributed by atoms with Crippen LogP contribution in [0, 0.1) is 22.7 Å². The minimum absolute atomic E-state index is 0.249. The maximum absolute atomic E-state index is 13.3. The predicted octanol–water partition coefficient (Wildman–Crippen LogP) is 2.13. The van der Waals surface area contributed by atoms with Gasteiger partial charge in [0.2, 0.25) is 0 Å². The van der Waals surface area contributed by atoms with E-state index < -0.39 is 15.2 Å². The van der Waals surface area contributed by atoms with E-state index in [2.05, 4.69) is 0 Å². The van der Waals surface area contributed by atoms with Crippen molar-refractivity contribution in [2.45, 2.75) is 18.1 Å². The Morgan fingerprint density at radius 3 is 1.73 bits per heavy atom. The second-order valence-corrected chi connectivity index (χ2v) is 5.71. The standard InChI is InChI=1S/C7H11FN2S/c1-4-7(5-9,6-10)11(2,3)8/h4H2,1-3H3. The minimum atomic E-state index is -2.60. The normalized spacial score (nSPS) is 13.3. The summed E-state index contributed by atoms with van der Waals surface area (Å²) >= 11 is 0. The molecule has 0 bridgehead atoms. The van der Waals surface area contributed by atoms with Crippen molar-refractivity contribution >= 4 is 10.4 Å². The van der Waals surface area contributed by atoms with Gasteiger partial charge in [0, 0.05) is 0 Å². The van der Waals surface area contributed by atoms with Gasteiger partial charge in [0.15, 0.2) is 4.75 Å². The zero-order valence-corrected chi connectivity index (χ0v) is 7.70. The number of hydrogen-bond donors (Lipinski definition) is 0. The van der Waals surface area contributed by atoms with Gasteiger partial charge in [-0.2, -0.15) is 14.4 Å². The highest BCUT2D eigenvalue weighted by Gasteiger charge is 2.41. The molecule has 2 nitrogen and oxygen atoms in total. The van der Waals surface area contributed by atoms with Gasteiger partial charge in [-0.3, -0.25) is 0 Å². The molecule has 11 heavy (non-hydrogen) atoms. The maximum Gasteiger partial charge on any atom is 0.197 e. The van der Waals surface area contributed by atoms with Crippen LogP contribution >= 0.6 is 10.4 Å². The number of rotatable bonds is 2. The Kier molecular flexibility index (Phi) is 2.90. The summed E-state index contributed by atoms with van der Waals surface area (Å²) in [5, 5.41) is 17.2. The van der Waals surface area contributed by atoms with E-state index in [1.165, 1.54) is 12.5 Å². The Labute approximate surface area is 68.2 Å². The molecule has 0 unspecified atom stereocenters. The van der Waals surface area contributed by atoms with Crippen LogP contribution in [0.15, 0.2) is 0 Å². The Hall–Kier alpha value is -0.740. The van der Waals surface area contributed by atoms with Gasteiger partial charge in [-0.1, -0.05) is 17.3 Å². The Balaban J connectivity index is 4.94. The van der Waals surface area contributed by atoms with E-state index in [9.17, 15) is 3.89 Å². The molecule has 0 saturated carbocycles. The van der Waals surface area contributed by atoms with Crippen LogP contribution in [0.1, 0.15) is 13.3 Å². The third-order valence-electron chi connectivity index (χ3n) is 1.69. The smallest absolute Gasteiger partial charge is 0.196 e. The SMILES string of the molecule is CCC(C#N)(C#N)S(C)(C)F. The number of halogens is 1. The number of hydrogen-bond acceptors (Lipinski definition) is 2. The second kappa shape index (κ2) is 3.11. The molecular formula is C7H11FN2S. The van der Waals surface area contributed by atoms with Crippen molar-refractivity contribution in [3.63, 3.8) is 0 Å². The van der Waals surface area contributed by atoms with Crippen molar-refractivity contribution < 1.29 is 3.89 Å². The molecule has 62 valence electrons. The molecule has 0 aromatic heterocycles. The van der Waals surface area contributed by atoms with E-state index in [0.29, 0.717) is 0 Å². The molecule has 0 aliphatic heterocycles. The average Bonchev–Trinajstić information content (AvgIpc) is 1.90. The van der Waals surface area contributed by atoms with E-state index in [1.54, 1.807) is 19.1 Å². The molecular weight excluding hydrogens is 163 g/mol. The fourth-order valence-corrected chi connectivity index (χ4v) is 1.86. The van der Waals surface area contributed by atoms with Gasteiger partial charge in [-0.15, -0.1) is 0 Å². The summed E-state index contributed by atoms with van der Waals surface area (Å²) in [7, 11) is -2.60. The summed E-state index contributed by atoms with van der Waals surface area (Å²) in [6.45, 7) is 1.65. The molecule has 0 rings (SSSR count). The second-order valence-electron chi connectivity index (χ2n) is 2.61. The van der Waals surface area contributed by atoms with Gasteiger partial charge in [0.25, 0.3) is 0 Å². The van der Waals surface area contributed by atoms with Gasteiger partial charge in [-0.05, 0) is 18.9 Å². The summed E-state index contributed by atoms with van der Waals surface area (Å²) in [6.07, 6.45) is 2.92. The zero-order chi connectivity index (χ0) is 9.12. The first-order valence-corrected chi connectivity index (χ1v) is 5.53. The lowest BCUT2D eigenvalue weighted by Crippen LogP contribution is -2.27. The van der Waals surface area contributed by atoms with Crippen LogP contribution in [0.3, 0.4) is 0 Å². The van der Waals surface area contributed by atoms with Crippen LogP contribution in [-0.4, -0.2) is 17.3 Å². The molecule has 4 heteroatoms. The highest BCUT2D eigenvalue weighted by Crippen LogP contribution is 2.55. The first-order valence-electron chi connectivity index (χ1n) is 3.18. The Morgan fingerprint density at radius 2 is 1.73 bits per heavy atom. The van der Waals surface area contributed by atoms with E-state index in [-0.39, 0.29) is 6.42 Å². The lowest BCUT2D eigenvalue weighted by Gasteiger charge is -2.32. The highest BCUT2D eigenvalue weighted by molar-refractivity contribution is 8.29. The summed E-state index contributed by atoms with van der Waals surface area (Å²) in [5.41, 5.74) is 0. The molecule has 0 N–H and O–H groups in total. The van der Waals surface area contributed by atoms with Crippen LogP contribution in [0.4, 0.5) is 3.89 Å². The van der Waals surface area contributed by atoms with Crippen LogP contribution in [0.5, 0.6) is 0 Å². The molecule has 0 heterocycles. The number of nitriles is 2. The molecule has 0 aliphatic carbocycles. The van der Waals surface area contributed by atoms with Crippen molar-refractivity contribution in [1.82, 2.24) is 0 Å². The first kappa shape index (κ1) is 10.3. The van der Waals surface area contributed by atoms with Crippen molar-refractivity contribution in [3.8, 4) is 12.1 Å². The molecule has 0 aliphatic rings. The van der Waals surface area contributed by atoms with Crippen LogP contribution in [-0.2, 0) is 0 Å². The maximum atomic E-state index is 13.3. The predicted molar refractivity (Wildman–Crippen MR) is 44.8 cm³/mol. The van der Waals surface area contributed by atoms with Crippen LogP contribution in [0.2, 0.25) is 0 Å². The van der Waals surface area contributed by atoms with E-state index in [4.69, 9.17) is 10.5 Å². The van der Waals surface area contributed by atoms with Crippen molar-refractivity contribution in [1.29, 1.82) is 10.5 Å². The fourth-order valence-electron chi connectivity index (χ4n) is 0.743. The molecule has 0 saturated heterocycles. The Morgan fingerprint density at radius 1 is 1.36 bits per heavy atom. The largest absolute Gasteiger partial charge is 0.197 e. The van der Waals surface area contributed by atoms with Gasteiger partial charge in [0.05, 0.1) is 12.1 Å². The topological polar surface area (TPSA) is 47.6 Å². The van der Waals surface area contributed by atoms with Crippen molar-refractivity contribution in [3.05, 3.63) is 0 Å². The summed E-state index contributed by atoms with van der Waals surface area (Å²) in [5.74, 6) is 0. The first-order chi connectivity index (χ1) is 4.93. The van der Waals surface area contributed by atoms with Gasteiger partial charge >= 0.3 is 0 Å². The fraction of sp³-hybridized carbons (Fsp3) is 0.714. The lowest BCUT2D eigenvalue weighted by atomic mass is 10.1. The molecule has 0 aromatic rings. The molecule has 0 aromatic carbocycles.